The van der Waals surface area contributed by atoms with Crippen LogP contribution in [0.3, 0.4) is 0 Å². The van der Waals surface area contributed by atoms with Gasteiger partial charge in [0, 0.05) is 31.9 Å². The van der Waals surface area contributed by atoms with Gasteiger partial charge in [-0.2, -0.15) is 0 Å². The second-order valence-corrected chi connectivity index (χ2v) is 4.41. The Kier molecular flexibility index (Phi) is 2.40. The van der Waals surface area contributed by atoms with Gasteiger partial charge in [-0.15, -0.1) is 4.70 Å². The molecule has 5 nitrogen and oxygen atoms in total. The van der Waals surface area contributed by atoms with E-state index in [1.807, 2.05) is 13.1 Å². The molecule has 0 aliphatic carbocycles. The van der Waals surface area contributed by atoms with Crippen molar-refractivity contribution in [1.82, 2.24) is 5.32 Å². The van der Waals surface area contributed by atoms with E-state index in [0.29, 0.717) is 5.84 Å². The lowest BCUT2D eigenvalue weighted by atomic mass is 10.1. The molecule has 1 saturated heterocycles. The maximum atomic E-state index is 7.86. The van der Waals surface area contributed by atoms with Crippen molar-refractivity contribution in [2.75, 3.05) is 38.1 Å². The molecule has 0 atom stereocenters. The minimum Gasteiger partial charge on any atom is -0.369 e. The standard InChI is InChI=1S/C12H16N5/c1-16-12(13)10-3-2-9(8-11(10)15-16)17-6-4-14-5-7-17/h2-3,8,13-14H,4-7H2,1H3/q+1. The van der Waals surface area contributed by atoms with Gasteiger partial charge >= 0.3 is 5.84 Å². The van der Waals surface area contributed by atoms with Crippen molar-refractivity contribution in [3.8, 4) is 0 Å². The van der Waals surface area contributed by atoms with Crippen LogP contribution in [0.15, 0.2) is 23.3 Å². The number of rotatable bonds is 1. The number of nitrogens with one attached hydrogen (secondary N) is 2. The van der Waals surface area contributed by atoms with Crippen molar-refractivity contribution >= 4 is 17.2 Å². The van der Waals surface area contributed by atoms with Gasteiger partial charge in [0.1, 0.15) is 12.7 Å². The predicted molar refractivity (Wildman–Crippen MR) is 66.6 cm³/mol. The Balaban J connectivity index is 1.94. The summed E-state index contributed by atoms with van der Waals surface area (Å²) in [6.07, 6.45) is 0. The zero-order valence-electron chi connectivity index (χ0n) is 9.90. The van der Waals surface area contributed by atoms with Crippen LogP contribution in [-0.4, -0.2) is 43.8 Å². The number of piperazine rings is 1. The predicted octanol–water partition coefficient (Wildman–Crippen LogP) is 1.16. The minimum atomic E-state index is 0.479. The summed E-state index contributed by atoms with van der Waals surface area (Å²) in [7, 11) is 1.81. The van der Waals surface area contributed by atoms with E-state index in [9.17, 15) is 0 Å². The normalized spacial score (nSPS) is 19.2. The van der Waals surface area contributed by atoms with Crippen LogP contribution in [0.4, 0.5) is 11.4 Å². The van der Waals surface area contributed by atoms with Gasteiger partial charge in [-0.25, -0.2) is 0 Å². The Morgan fingerprint density at radius 3 is 2.88 bits per heavy atom. The highest BCUT2D eigenvalue weighted by Gasteiger charge is 2.25. The Bertz CT molecular complexity index is 500. The monoisotopic (exact) mass is 230 g/mol. The van der Waals surface area contributed by atoms with E-state index in [1.165, 1.54) is 5.69 Å². The summed E-state index contributed by atoms with van der Waals surface area (Å²) in [5, 5.41) is 15.6. The summed E-state index contributed by atoms with van der Waals surface area (Å²) in [5.41, 5.74) is 3.04. The van der Waals surface area contributed by atoms with Crippen molar-refractivity contribution in [1.29, 1.82) is 5.41 Å². The second-order valence-electron chi connectivity index (χ2n) is 4.41. The van der Waals surface area contributed by atoms with E-state index >= 15 is 0 Å². The molecule has 1 fully saturated rings. The van der Waals surface area contributed by atoms with E-state index in [2.05, 4.69) is 27.5 Å². The van der Waals surface area contributed by atoms with E-state index < -0.39 is 0 Å². The smallest absolute Gasteiger partial charge is 0.344 e. The maximum Gasteiger partial charge on any atom is 0.344 e. The molecule has 0 saturated carbocycles. The molecule has 3 rings (SSSR count). The van der Waals surface area contributed by atoms with Crippen LogP contribution in [0.5, 0.6) is 0 Å². The molecule has 0 amide bonds. The number of hydrogen-bond acceptors (Lipinski definition) is 4. The Labute approximate surface area is 100 Å². The molecule has 1 aromatic carbocycles. The largest absolute Gasteiger partial charge is 0.369 e. The average Bonchev–Trinajstić information content (AvgIpc) is 2.66. The summed E-state index contributed by atoms with van der Waals surface area (Å²) in [5.74, 6) is 0.479. The number of amidine groups is 1. The van der Waals surface area contributed by atoms with E-state index in [-0.39, 0.29) is 0 Å². The molecule has 17 heavy (non-hydrogen) atoms. The van der Waals surface area contributed by atoms with E-state index in [1.54, 1.807) is 4.70 Å². The molecule has 2 heterocycles. The van der Waals surface area contributed by atoms with Gasteiger partial charge in [0.2, 0.25) is 0 Å². The SMILES string of the molecule is C[N+]1=Nc2cc(N3CCNCC3)ccc2C1=N. The molecule has 88 valence electrons. The third-order valence-electron chi connectivity index (χ3n) is 3.30. The average molecular weight is 230 g/mol. The van der Waals surface area contributed by atoms with Crippen LogP contribution < -0.4 is 10.2 Å². The quantitative estimate of drug-likeness (QED) is 0.711. The third kappa shape index (κ3) is 1.72. The molecule has 0 unspecified atom stereocenters. The fraction of sp³-hybridized carbons (Fsp3) is 0.417. The number of azo groups is 2. The van der Waals surface area contributed by atoms with Gasteiger partial charge in [0.05, 0.1) is 5.56 Å². The van der Waals surface area contributed by atoms with Crippen LogP contribution in [0.25, 0.3) is 0 Å². The Morgan fingerprint density at radius 2 is 2.12 bits per heavy atom. The summed E-state index contributed by atoms with van der Waals surface area (Å²) >= 11 is 0. The highest BCUT2D eigenvalue weighted by Crippen LogP contribution is 2.30. The fourth-order valence-electron chi connectivity index (χ4n) is 2.31. The van der Waals surface area contributed by atoms with Crippen molar-refractivity contribution in [3.05, 3.63) is 23.8 Å². The second kappa shape index (κ2) is 3.92. The third-order valence-corrected chi connectivity index (χ3v) is 3.30. The number of benzene rings is 1. The van der Waals surface area contributed by atoms with Gasteiger partial charge < -0.3 is 10.2 Å². The summed E-state index contributed by atoms with van der Waals surface area (Å²) in [4.78, 5) is 2.36. The number of anilines is 1. The van der Waals surface area contributed by atoms with E-state index in [4.69, 9.17) is 5.41 Å². The first kappa shape index (κ1) is 10.4. The van der Waals surface area contributed by atoms with Crippen LogP contribution >= 0.6 is 0 Å². The molecule has 5 heteroatoms. The van der Waals surface area contributed by atoms with Crippen LogP contribution in [0, 0.1) is 5.41 Å². The first-order valence-electron chi connectivity index (χ1n) is 5.90. The summed E-state index contributed by atoms with van der Waals surface area (Å²) < 4.78 is 1.62. The van der Waals surface area contributed by atoms with Gasteiger partial charge in [0.15, 0.2) is 0 Å². The molecule has 1 aromatic rings. The molecule has 0 radical (unpaired) electrons. The lowest BCUT2D eigenvalue weighted by molar-refractivity contribution is -0.439. The van der Waals surface area contributed by atoms with Gasteiger partial charge in [0.25, 0.3) is 0 Å². The lowest BCUT2D eigenvalue weighted by Crippen LogP contribution is -2.43. The van der Waals surface area contributed by atoms with Gasteiger partial charge in [-0.1, -0.05) is 10.5 Å². The molecule has 0 bridgehead atoms. The van der Waals surface area contributed by atoms with Crippen molar-refractivity contribution in [2.24, 2.45) is 5.11 Å². The Hall–Kier alpha value is -1.75. The Morgan fingerprint density at radius 1 is 1.35 bits per heavy atom. The van der Waals surface area contributed by atoms with Gasteiger partial charge in [-0.3, -0.25) is 0 Å². The molecule has 2 aliphatic heterocycles. The lowest BCUT2D eigenvalue weighted by Gasteiger charge is -2.29. The van der Waals surface area contributed by atoms with Crippen LogP contribution in [0.1, 0.15) is 5.56 Å². The number of hydrogen-bond donors (Lipinski definition) is 2. The molecule has 2 aliphatic rings. The highest BCUT2D eigenvalue weighted by atomic mass is 15.3. The molecule has 0 spiro atoms. The van der Waals surface area contributed by atoms with E-state index in [0.717, 1.165) is 37.4 Å². The maximum absolute atomic E-state index is 7.86. The minimum absolute atomic E-state index is 0.479. The van der Waals surface area contributed by atoms with Crippen molar-refractivity contribution in [2.45, 2.75) is 0 Å². The molecule has 0 aromatic heterocycles. The zero-order valence-corrected chi connectivity index (χ0v) is 9.90. The van der Waals surface area contributed by atoms with Crippen LogP contribution in [-0.2, 0) is 0 Å². The first-order valence-corrected chi connectivity index (χ1v) is 5.90. The van der Waals surface area contributed by atoms with Gasteiger partial charge in [-0.05, 0) is 18.2 Å². The number of fused-ring (bicyclic) bond motifs is 1. The van der Waals surface area contributed by atoms with Crippen molar-refractivity contribution < 1.29 is 4.70 Å². The van der Waals surface area contributed by atoms with Crippen molar-refractivity contribution in [3.63, 3.8) is 0 Å². The first-order chi connectivity index (χ1) is 8.25. The molecule has 2 N–H and O–H groups in total. The summed E-state index contributed by atoms with van der Waals surface area (Å²) in [6, 6.07) is 6.17. The molecular formula is C12H16N5+. The fourth-order valence-corrected chi connectivity index (χ4v) is 2.31. The topological polar surface area (TPSA) is 54.5 Å². The van der Waals surface area contributed by atoms with Crippen LogP contribution in [0.2, 0.25) is 0 Å². The summed E-state index contributed by atoms with van der Waals surface area (Å²) in [6.45, 7) is 4.13. The molecular weight excluding hydrogens is 214 g/mol. The zero-order chi connectivity index (χ0) is 11.8. The number of nitrogens with zero attached hydrogens (tertiary/aromatic N) is 3. The highest BCUT2D eigenvalue weighted by molar-refractivity contribution is 5.97.